The number of benzene rings is 1. The van der Waals surface area contributed by atoms with Crippen LogP contribution < -0.4 is 9.88 Å². The molecule has 0 saturated carbocycles. The van der Waals surface area contributed by atoms with Crippen LogP contribution in [0.4, 0.5) is 0 Å². The second kappa shape index (κ2) is 5.03. The lowest BCUT2D eigenvalue weighted by Crippen LogP contribution is -2.21. The Morgan fingerprint density at radius 2 is 2.00 bits per heavy atom. The average molecular weight is 270 g/mol. The van der Waals surface area contributed by atoms with Crippen LogP contribution in [0.2, 0.25) is 10.0 Å². The monoisotopic (exact) mass is 269 g/mol. The van der Waals surface area contributed by atoms with Crippen LogP contribution in [0.5, 0.6) is 5.75 Å². The zero-order valence-corrected chi connectivity index (χ0v) is 9.94. The van der Waals surface area contributed by atoms with Gasteiger partial charge in [-0.25, -0.2) is 13.6 Å². The number of halogens is 2. The van der Waals surface area contributed by atoms with E-state index >= 15 is 0 Å². The van der Waals surface area contributed by atoms with Crippen molar-refractivity contribution in [3.63, 3.8) is 0 Å². The van der Waals surface area contributed by atoms with Gasteiger partial charge in [0.2, 0.25) is 10.0 Å². The summed E-state index contributed by atoms with van der Waals surface area (Å²) in [6.07, 6.45) is 0. The average Bonchev–Trinajstić information content (AvgIpc) is 2.07. The van der Waals surface area contributed by atoms with Crippen LogP contribution in [-0.2, 0) is 10.0 Å². The molecule has 0 bridgehead atoms. The highest BCUT2D eigenvalue weighted by Gasteiger charge is 2.05. The molecule has 0 aliphatic carbocycles. The summed E-state index contributed by atoms with van der Waals surface area (Å²) in [6, 6.07) is 4.67. The van der Waals surface area contributed by atoms with Crippen LogP contribution in [0.1, 0.15) is 0 Å². The van der Waals surface area contributed by atoms with E-state index in [0.717, 1.165) is 0 Å². The highest BCUT2D eigenvalue weighted by Crippen LogP contribution is 2.27. The smallest absolute Gasteiger partial charge is 0.212 e. The minimum Gasteiger partial charge on any atom is -0.491 e. The maximum absolute atomic E-state index is 10.6. The first kappa shape index (κ1) is 12.6. The molecule has 0 heterocycles. The van der Waals surface area contributed by atoms with Crippen LogP contribution in [-0.4, -0.2) is 20.8 Å². The predicted octanol–water partition coefficient (Wildman–Crippen LogP) is 1.66. The maximum atomic E-state index is 10.6. The summed E-state index contributed by atoms with van der Waals surface area (Å²) in [5.41, 5.74) is 0. The van der Waals surface area contributed by atoms with Gasteiger partial charge in [-0.15, -0.1) is 0 Å². The Balaban J connectivity index is 2.59. The van der Waals surface area contributed by atoms with Gasteiger partial charge in [0.05, 0.1) is 10.8 Å². The minimum atomic E-state index is -3.51. The van der Waals surface area contributed by atoms with Crippen molar-refractivity contribution in [1.82, 2.24) is 0 Å². The molecule has 1 aromatic carbocycles. The quantitative estimate of drug-likeness (QED) is 0.904. The highest BCUT2D eigenvalue weighted by atomic mass is 35.5. The topological polar surface area (TPSA) is 69.4 Å². The number of sulfonamides is 1. The molecule has 0 radical (unpaired) electrons. The van der Waals surface area contributed by atoms with Gasteiger partial charge in [0.1, 0.15) is 12.4 Å². The second-order valence-electron chi connectivity index (χ2n) is 2.79. The Bertz CT molecular complexity index is 447. The number of hydrogen-bond donors (Lipinski definition) is 1. The zero-order valence-electron chi connectivity index (χ0n) is 7.61. The lowest BCUT2D eigenvalue weighted by molar-refractivity contribution is 0.341. The fraction of sp³-hybridized carbons (Fsp3) is 0.250. The molecule has 0 amide bonds. The van der Waals surface area contributed by atoms with E-state index < -0.39 is 10.0 Å². The summed E-state index contributed by atoms with van der Waals surface area (Å²) in [5, 5.41) is 5.62. The summed E-state index contributed by atoms with van der Waals surface area (Å²) in [6.45, 7) is -0.0415. The highest BCUT2D eigenvalue weighted by molar-refractivity contribution is 7.89. The minimum absolute atomic E-state index is 0.0415. The van der Waals surface area contributed by atoms with Crippen LogP contribution >= 0.6 is 23.2 Å². The molecule has 15 heavy (non-hydrogen) atoms. The maximum Gasteiger partial charge on any atom is 0.212 e. The molecular weight excluding hydrogens is 261 g/mol. The molecular formula is C8H9Cl2NO3S. The molecule has 84 valence electrons. The van der Waals surface area contributed by atoms with E-state index in [0.29, 0.717) is 15.8 Å². The molecule has 0 unspecified atom stereocenters. The van der Waals surface area contributed by atoms with Crippen molar-refractivity contribution < 1.29 is 13.2 Å². The van der Waals surface area contributed by atoms with E-state index in [1.165, 1.54) is 6.07 Å². The van der Waals surface area contributed by atoms with Crippen molar-refractivity contribution in [1.29, 1.82) is 0 Å². The van der Waals surface area contributed by atoms with E-state index in [1.807, 2.05) is 0 Å². The summed E-state index contributed by atoms with van der Waals surface area (Å²) in [7, 11) is -3.51. The van der Waals surface area contributed by atoms with Crippen molar-refractivity contribution in [3.8, 4) is 5.75 Å². The predicted molar refractivity (Wildman–Crippen MR) is 59.9 cm³/mol. The molecule has 0 saturated heterocycles. The normalized spacial score (nSPS) is 11.4. The van der Waals surface area contributed by atoms with Crippen molar-refractivity contribution in [2.24, 2.45) is 5.14 Å². The van der Waals surface area contributed by atoms with E-state index in [4.69, 9.17) is 33.1 Å². The van der Waals surface area contributed by atoms with E-state index in [-0.39, 0.29) is 12.4 Å². The van der Waals surface area contributed by atoms with Crippen LogP contribution in [0.25, 0.3) is 0 Å². The Morgan fingerprint density at radius 3 is 2.53 bits per heavy atom. The van der Waals surface area contributed by atoms with Crippen LogP contribution in [0, 0.1) is 0 Å². The molecule has 7 heteroatoms. The molecule has 1 aromatic rings. The van der Waals surface area contributed by atoms with Gasteiger partial charge < -0.3 is 4.74 Å². The molecule has 0 aromatic heterocycles. The number of hydrogen-bond acceptors (Lipinski definition) is 3. The number of ether oxygens (including phenoxy) is 1. The van der Waals surface area contributed by atoms with Gasteiger partial charge in [-0.3, -0.25) is 0 Å². The summed E-state index contributed by atoms with van der Waals surface area (Å²) >= 11 is 11.5. The molecule has 0 aliphatic heterocycles. The standard InChI is InChI=1S/C8H9Cl2NO3S/c9-6-1-2-8(7(10)5-6)14-3-4-15(11,12)13/h1-2,5H,3-4H2,(H2,11,12,13). The third-order valence-corrected chi connectivity index (χ3v) is 2.79. The van der Waals surface area contributed by atoms with Gasteiger partial charge in [-0.1, -0.05) is 23.2 Å². The fourth-order valence-corrected chi connectivity index (χ4v) is 1.64. The number of rotatable bonds is 4. The fourth-order valence-electron chi connectivity index (χ4n) is 0.860. The second-order valence-corrected chi connectivity index (χ2v) is 5.37. The first-order chi connectivity index (χ1) is 6.88. The Labute approximate surface area is 98.0 Å². The van der Waals surface area contributed by atoms with E-state index in [9.17, 15) is 8.42 Å². The molecule has 0 aliphatic rings. The zero-order chi connectivity index (χ0) is 11.5. The Morgan fingerprint density at radius 1 is 1.33 bits per heavy atom. The Kier molecular flexibility index (Phi) is 4.21. The first-order valence-electron chi connectivity index (χ1n) is 3.97. The van der Waals surface area contributed by atoms with Crippen molar-refractivity contribution in [3.05, 3.63) is 28.2 Å². The molecule has 0 atom stereocenters. The van der Waals surface area contributed by atoms with E-state index in [2.05, 4.69) is 0 Å². The Hall–Kier alpha value is -0.490. The lowest BCUT2D eigenvalue weighted by atomic mass is 10.3. The molecule has 0 fully saturated rings. The van der Waals surface area contributed by atoms with Crippen LogP contribution in [0.15, 0.2) is 18.2 Å². The number of primary sulfonamides is 1. The van der Waals surface area contributed by atoms with Crippen molar-refractivity contribution in [2.45, 2.75) is 0 Å². The third-order valence-electron chi connectivity index (χ3n) is 1.52. The lowest BCUT2D eigenvalue weighted by Gasteiger charge is -2.06. The van der Waals surface area contributed by atoms with Gasteiger partial charge in [0, 0.05) is 5.02 Å². The van der Waals surface area contributed by atoms with Gasteiger partial charge >= 0.3 is 0 Å². The largest absolute Gasteiger partial charge is 0.491 e. The molecule has 4 nitrogen and oxygen atoms in total. The molecule has 2 N–H and O–H groups in total. The van der Waals surface area contributed by atoms with Crippen LogP contribution in [0.3, 0.4) is 0 Å². The third kappa shape index (κ3) is 4.70. The molecule has 1 rings (SSSR count). The van der Waals surface area contributed by atoms with Crippen molar-refractivity contribution in [2.75, 3.05) is 12.4 Å². The van der Waals surface area contributed by atoms with E-state index in [1.54, 1.807) is 12.1 Å². The van der Waals surface area contributed by atoms with Gasteiger partial charge in [0.15, 0.2) is 0 Å². The summed E-state index contributed by atoms with van der Waals surface area (Å²) in [5.74, 6) is 0.121. The van der Waals surface area contributed by atoms with Gasteiger partial charge in [0.25, 0.3) is 0 Å². The first-order valence-corrected chi connectivity index (χ1v) is 6.44. The van der Waals surface area contributed by atoms with Gasteiger partial charge in [-0.05, 0) is 18.2 Å². The summed E-state index contributed by atoms with van der Waals surface area (Å²) < 4.78 is 26.3. The van der Waals surface area contributed by atoms with Gasteiger partial charge in [-0.2, -0.15) is 0 Å². The number of nitrogens with two attached hydrogens (primary N) is 1. The molecule has 0 spiro atoms. The SMILES string of the molecule is NS(=O)(=O)CCOc1ccc(Cl)cc1Cl. The van der Waals surface area contributed by atoms with Crippen molar-refractivity contribution >= 4 is 33.2 Å². The summed E-state index contributed by atoms with van der Waals surface area (Å²) in [4.78, 5) is 0.